The molecule has 4 fully saturated rings. The third-order valence-electron chi connectivity index (χ3n) is 12.2. The second-order valence-electron chi connectivity index (χ2n) is 18.7. The second kappa shape index (κ2) is 21.3. The van der Waals surface area contributed by atoms with E-state index in [1.54, 1.807) is 96.3 Å². The molecule has 1 saturated heterocycles. The molecular weight excluding hydrogens is 783 g/mol. The Morgan fingerprint density at radius 2 is 1.08 bits per heavy atom. The monoisotopic (exact) mass is 858 g/mol. The predicted octanol–water partition coefficient (Wildman–Crippen LogP) is 14.5. The summed E-state index contributed by atoms with van der Waals surface area (Å²) in [5.74, 6) is 0.527. The minimum atomic E-state index is -1.61. The summed E-state index contributed by atoms with van der Waals surface area (Å²) in [6.45, 7) is 21.1. The first-order valence-corrected chi connectivity index (χ1v) is 28.1. The number of hydrogen-bond donors (Lipinski definition) is 0. The molecule has 2 nitrogen and oxygen atoms in total. The predicted molar refractivity (Wildman–Crippen MR) is 234 cm³/mol. The van der Waals surface area contributed by atoms with Crippen molar-refractivity contribution in [2.24, 2.45) is 10.8 Å². The van der Waals surface area contributed by atoms with Crippen molar-refractivity contribution in [1.29, 1.82) is 0 Å². The van der Waals surface area contributed by atoms with Crippen LogP contribution in [0.25, 0.3) is 0 Å². The summed E-state index contributed by atoms with van der Waals surface area (Å²) in [7, 11) is 13.5. The molecule has 0 N–H and O–H groups in total. The molecule has 0 amide bonds. The Morgan fingerprint density at radius 3 is 1.48 bits per heavy atom. The van der Waals surface area contributed by atoms with Crippen molar-refractivity contribution in [3.63, 3.8) is 0 Å². The molecule has 1 aliphatic heterocycles. The molecule has 3 aliphatic carbocycles. The van der Waals surface area contributed by atoms with Crippen molar-refractivity contribution in [3.8, 4) is 0 Å². The van der Waals surface area contributed by atoms with Crippen LogP contribution in [0, 0.1) is 17.5 Å². The van der Waals surface area contributed by atoms with Gasteiger partial charge in [0, 0.05) is 25.7 Å². The van der Waals surface area contributed by atoms with E-state index in [1.165, 1.54) is 28.2 Å². The molecule has 296 valence electrons. The Labute approximate surface area is 335 Å². The van der Waals surface area contributed by atoms with Crippen molar-refractivity contribution in [2.45, 2.75) is 187 Å². The molecule has 3 saturated carbocycles. The topological polar surface area (TPSA) is 6.48 Å². The third kappa shape index (κ3) is 13.1. The maximum absolute atomic E-state index is 5.67. The van der Waals surface area contributed by atoms with Gasteiger partial charge in [-0.05, 0) is 112 Å². The molecule has 2 aromatic rings. The van der Waals surface area contributed by atoms with E-state index in [0.717, 1.165) is 5.56 Å². The third-order valence-corrected chi connectivity index (χ3v) is 18.6. The second-order valence-corrected chi connectivity index (χ2v) is 27.9. The van der Waals surface area contributed by atoms with Gasteiger partial charge in [-0.2, -0.15) is 6.67 Å². The molecule has 2 aromatic carbocycles. The van der Waals surface area contributed by atoms with E-state index in [-0.39, 0.29) is 18.8 Å². The maximum atomic E-state index is 5.67. The summed E-state index contributed by atoms with van der Waals surface area (Å²) in [4.78, 5) is 4.96. The molecule has 1 heterocycles. The molecule has 0 bridgehead atoms. The van der Waals surface area contributed by atoms with Crippen molar-refractivity contribution in [1.82, 2.24) is 4.90 Å². The Hall–Kier alpha value is -0.297. The Kier molecular flexibility index (Phi) is 18.2. The van der Waals surface area contributed by atoms with Crippen LogP contribution in [0.4, 0.5) is 5.69 Å². The fourth-order valence-corrected chi connectivity index (χ4v) is 17.1. The quantitative estimate of drug-likeness (QED) is 0.162. The molecule has 0 unspecified atom stereocenters. The normalized spacial score (nSPS) is 23.2. The molecule has 52 heavy (non-hydrogen) atoms. The van der Waals surface area contributed by atoms with Crippen LogP contribution in [0.3, 0.4) is 0 Å². The zero-order valence-corrected chi connectivity index (χ0v) is 38.7. The van der Waals surface area contributed by atoms with Crippen LogP contribution in [-0.4, -0.2) is 45.6 Å². The van der Waals surface area contributed by atoms with Crippen molar-refractivity contribution >= 4 is 37.6 Å². The van der Waals surface area contributed by atoms with Gasteiger partial charge in [-0.3, -0.25) is 0 Å². The van der Waals surface area contributed by atoms with E-state index in [4.69, 9.17) is 19.4 Å². The fraction of sp³-hybridized carbons (Fsp3) is 0.696. The van der Waals surface area contributed by atoms with Crippen LogP contribution in [0.2, 0.25) is 0 Å². The van der Waals surface area contributed by atoms with Gasteiger partial charge in [0.25, 0.3) is 0 Å². The summed E-state index contributed by atoms with van der Waals surface area (Å²) >= 11 is -1.61. The van der Waals surface area contributed by atoms with E-state index in [2.05, 4.69) is 103 Å². The molecule has 6 heteroatoms. The summed E-state index contributed by atoms with van der Waals surface area (Å²) in [6, 6.07) is 19.7. The number of benzene rings is 2. The molecular formula is C46H75Cl2N2PRu. The van der Waals surface area contributed by atoms with Crippen molar-refractivity contribution in [3.05, 3.63) is 72.4 Å². The van der Waals surface area contributed by atoms with Crippen LogP contribution in [0.1, 0.15) is 169 Å². The van der Waals surface area contributed by atoms with E-state index in [9.17, 15) is 0 Å². The van der Waals surface area contributed by atoms with Crippen molar-refractivity contribution < 1.29 is 13.5 Å². The fourth-order valence-electron chi connectivity index (χ4n) is 10.0. The van der Waals surface area contributed by atoms with E-state index in [1.807, 2.05) is 34.9 Å². The number of likely N-dealkylation sites (N-methyl/N-ethyl adjacent to an activating group) is 1. The Bertz CT molecular complexity index is 1290. The van der Waals surface area contributed by atoms with Gasteiger partial charge in [0.15, 0.2) is 0 Å². The van der Waals surface area contributed by atoms with Crippen LogP contribution in [0.5, 0.6) is 0 Å². The van der Waals surface area contributed by atoms with Gasteiger partial charge in [-0.25, -0.2) is 0 Å². The van der Waals surface area contributed by atoms with Crippen LogP contribution < -0.4 is 4.90 Å². The molecule has 0 aromatic heterocycles. The number of anilines is 1. The average molecular weight is 859 g/mol. The number of halogens is 2. The van der Waals surface area contributed by atoms with Gasteiger partial charge in [-0.15, -0.1) is 0 Å². The zero-order valence-electron chi connectivity index (χ0n) is 34.4. The number of hydrogen-bond acceptors (Lipinski definition) is 2. The number of nitrogens with zero attached hydrogens (tertiary/aromatic N) is 2. The summed E-state index contributed by atoms with van der Waals surface area (Å²) in [6.07, 6.45) is 23.8. The van der Waals surface area contributed by atoms with Gasteiger partial charge in [-0.1, -0.05) is 92.9 Å². The van der Waals surface area contributed by atoms with Gasteiger partial charge in [0.1, 0.15) is 0 Å². The van der Waals surface area contributed by atoms with Crippen molar-refractivity contribution in [2.75, 3.05) is 11.9 Å². The molecule has 4 aliphatic rings. The van der Waals surface area contributed by atoms with Crippen LogP contribution in [-0.2, 0) is 13.5 Å². The van der Waals surface area contributed by atoms with E-state index in [0.29, 0.717) is 18.0 Å². The standard InChI is InChI=1S/C21H35N2.C18H33P.C7H6.2ClH.Ru/c1-15(2)16-12-10-11-13-17(16)23-14-22(9)18(20(3,4)5)19(23)21(6,7)8;1-4-10-16(11-5-1)19(17-12-6-2-7-13-17)18-14-8-3-9-15-18;1-7-5-3-2-4-6-7;;;/h10-15,18-19H,1-9H3;16-18H,1-15H2;1-6H;2*1H;/q-1;;;;;+2/p-1/t18-,19-;;;;;/m0...../s1. The first kappa shape index (κ1) is 44.4. The Morgan fingerprint density at radius 1 is 0.654 bits per heavy atom. The molecule has 0 spiro atoms. The van der Waals surface area contributed by atoms with E-state index < -0.39 is 13.5 Å². The first-order valence-electron chi connectivity index (χ1n) is 20.9. The van der Waals surface area contributed by atoms with Gasteiger partial charge in [0.05, 0.1) is 17.0 Å². The molecule has 0 radical (unpaired) electrons. The summed E-state index contributed by atoms with van der Waals surface area (Å²) in [5, 5.41) is 0. The Balaban J connectivity index is 0.000000187. The number of rotatable bonds is 6. The van der Waals surface area contributed by atoms with Gasteiger partial charge < -0.3 is 9.80 Å². The first-order chi connectivity index (χ1) is 24.7. The SMILES string of the molecule is C1CCC([PH+](C2CCCCC2)C2CCCCC2)CC1.CC(C)c1ccccc1N1[CH-]N(C)[C@H](C(C)(C)C)[C@H]1C(C)(C)C.[Cl][Ru]([Cl])=[CH]c1ccccc1. The van der Waals surface area contributed by atoms with Crippen LogP contribution >= 0.6 is 27.3 Å². The van der Waals surface area contributed by atoms with E-state index >= 15 is 0 Å². The van der Waals surface area contributed by atoms with Crippen LogP contribution in [0.15, 0.2) is 54.6 Å². The van der Waals surface area contributed by atoms with Gasteiger partial charge >= 0.3 is 73.4 Å². The minimum absolute atomic E-state index is 0.0465. The van der Waals surface area contributed by atoms with Gasteiger partial charge in [0.2, 0.25) is 0 Å². The summed E-state index contributed by atoms with van der Waals surface area (Å²) in [5.41, 5.74) is 8.02. The average Bonchev–Trinajstić information content (AvgIpc) is 3.49. The molecule has 2 atom stereocenters. The zero-order chi connectivity index (χ0) is 37.9. The summed E-state index contributed by atoms with van der Waals surface area (Å²) < 4.78 is 1.92. The number of para-hydroxylation sites is 1. The molecule has 6 rings (SSSR count).